The summed E-state index contributed by atoms with van der Waals surface area (Å²) in [4.78, 5) is 8.80. The van der Waals surface area contributed by atoms with E-state index in [1.807, 2.05) is 16.8 Å². The normalized spacial score (nSPS) is 12.5. The number of aromatic nitrogens is 3. The Bertz CT molecular complexity index is 723. The molecular formula is C16H17BrN4. The summed E-state index contributed by atoms with van der Waals surface area (Å²) in [6.45, 7) is 3.11. The molecule has 3 aromatic rings. The third kappa shape index (κ3) is 3.24. The van der Waals surface area contributed by atoms with Gasteiger partial charge < -0.3 is 9.72 Å². The highest BCUT2D eigenvalue weighted by molar-refractivity contribution is 9.10. The van der Waals surface area contributed by atoms with Crippen molar-refractivity contribution in [3.63, 3.8) is 0 Å². The number of halogens is 1. The molecule has 1 aromatic carbocycles. The molecule has 0 bridgehead atoms. The zero-order valence-corrected chi connectivity index (χ0v) is 13.4. The van der Waals surface area contributed by atoms with Crippen LogP contribution in [-0.4, -0.2) is 20.9 Å². The zero-order chi connectivity index (χ0) is 14.7. The van der Waals surface area contributed by atoms with Crippen molar-refractivity contribution < 1.29 is 0 Å². The van der Waals surface area contributed by atoms with Crippen LogP contribution in [-0.2, 0) is 0 Å². The molecule has 0 spiro atoms. The number of anilines is 1. The Labute approximate surface area is 132 Å². The van der Waals surface area contributed by atoms with E-state index in [1.165, 1.54) is 5.56 Å². The maximum atomic E-state index is 4.47. The van der Waals surface area contributed by atoms with Crippen molar-refractivity contribution in [1.29, 1.82) is 0 Å². The van der Waals surface area contributed by atoms with Crippen LogP contribution in [0.4, 0.5) is 5.82 Å². The minimum atomic E-state index is 0.515. The minimum absolute atomic E-state index is 0.515. The smallest absolute Gasteiger partial charge is 0.180 e. The van der Waals surface area contributed by atoms with E-state index in [0.29, 0.717) is 5.92 Å². The van der Waals surface area contributed by atoms with E-state index in [9.17, 15) is 0 Å². The SMILES string of the molecule is CC(CCNc1nc(Br)cn2ccnc12)c1ccccc1. The fourth-order valence-electron chi connectivity index (χ4n) is 2.37. The quantitative estimate of drug-likeness (QED) is 0.757. The molecular weight excluding hydrogens is 328 g/mol. The van der Waals surface area contributed by atoms with Gasteiger partial charge in [-0.3, -0.25) is 0 Å². The van der Waals surface area contributed by atoms with E-state index in [-0.39, 0.29) is 0 Å². The summed E-state index contributed by atoms with van der Waals surface area (Å²) in [5.74, 6) is 1.33. The molecule has 0 amide bonds. The number of nitrogens with zero attached hydrogens (tertiary/aromatic N) is 3. The fourth-order valence-corrected chi connectivity index (χ4v) is 2.77. The van der Waals surface area contributed by atoms with Gasteiger partial charge in [-0.1, -0.05) is 37.3 Å². The van der Waals surface area contributed by atoms with E-state index in [2.05, 4.69) is 68.5 Å². The maximum absolute atomic E-state index is 4.47. The van der Waals surface area contributed by atoms with Crippen LogP contribution in [0, 0.1) is 0 Å². The lowest BCUT2D eigenvalue weighted by molar-refractivity contribution is 0.704. The molecule has 1 N–H and O–H groups in total. The van der Waals surface area contributed by atoms with E-state index < -0.39 is 0 Å². The molecule has 0 aliphatic carbocycles. The van der Waals surface area contributed by atoms with Gasteiger partial charge in [-0.2, -0.15) is 0 Å². The van der Waals surface area contributed by atoms with Crippen molar-refractivity contribution in [3.05, 3.63) is 59.1 Å². The van der Waals surface area contributed by atoms with Crippen molar-refractivity contribution in [2.24, 2.45) is 0 Å². The Morgan fingerprint density at radius 2 is 2.10 bits per heavy atom. The van der Waals surface area contributed by atoms with E-state index >= 15 is 0 Å². The van der Waals surface area contributed by atoms with Crippen LogP contribution < -0.4 is 5.32 Å². The molecule has 0 aliphatic rings. The van der Waals surface area contributed by atoms with Crippen molar-refractivity contribution in [2.75, 3.05) is 11.9 Å². The summed E-state index contributed by atoms with van der Waals surface area (Å²) >= 11 is 3.43. The van der Waals surface area contributed by atoms with Gasteiger partial charge in [0.15, 0.2) is 11.5 Å². The van der Waals surface area contributed by atoms with Crippen molar-refractivity contribution >= 4 is 27.4 Å². The number of nitrogens with one attached hydrogen (secondary N) is 1. The molecule has 0 fully saturated rings. The number of benzene rings is 1. The number of rotatable bonds is 5. The highest BCUT2D eigenvalue weighted by atomic mass is 79.9. The van der Waals surface area contributed by atoms with Gasteiger partial charge in [0, 0.05) is 25.1 Å². The van der Waals surface area contributed by atoms with Crippen LogP contribution in [0.3, 0.4) is 0 Å². The first kappa shape index (κ1) is 14.1. The van der Waals surface area contributed by atoms with Crippen LogP contribution in [0.1, 0.15) is 24.8 Å². The molecule has 3 rings (SSSR count). The summed E-state index contributed by atoms with van der Waals surface area (Å²) in [6, 6.07) is 10.6. The molecule has 4 nitrogen and oxygen atoms in total. The van der Waals surface area contributed by atoms with Gasteiger partial charge in [-0.25, -0.2) is 9.97 Å². The van der Waals surface area contributed by atoms with Crippen LogP contribution in [0.2, 0.25) is 0 Å². The Balaban J connectivity index is 1.66. The van der Waals surface area contributed by atoms with Crippen LogP contribution >= 0.6 is 15.9 Å². The van der Waals surface area contributed by atoms with Gasteiger partial charge in [0.25, 0.3) is 0 Å². The highest BCUT2D eigenvalue weighted by Crippen LogP contribution is 2.20. The summed E-state index contributed by atoms with van der Waals surface area (Å²) in [5.41, 5.74) is 2.22. The Hall–Kier alpha value is -1.88. The van der Waals surface area contributed by atoms with Crippen molar-refractivity contribution in [3.8, 4) is 0 Å². The Kier molecular flexibility index (Phi) is 4.20. The van der Waals surface area contributed by atoms with Crippen LogP contribution in [0.15, 0.2) is 53.5 Å². The predicted octanol–water partition coefficient (Wildman–Crippen LogP) is 4.10. The number of imidazole rings is 1. The lowest BCUT2D eigenvalue weighted by atomic mass is 9.98. The Morgan fingerprint density at radius 3 is 2.90 bits per heavy atom. The molecule has 5 heteroatoms. The second kappa shape index (κ2) is 6.26. The third-order valence-electron chi connectivity index (χ3n) is 3.58. The van der Waals surface area contributed by atoms with Gasteiger partial charge in [0.2, 0.25) is 0 Å². The molecule has 0 aliphatic heterocycles. The average Bonchev–Trinajstić information content (AvgIpc) is 2.96. The van der Waals surface area contributed by atoms with Crippen molar-refractivity contribution in [2.45, 2.75) is 19.3 Å². The summed E-state index contributed by atoms with van der Waals surface area (Å²) in [6.07, 6.45) is 6.64. The van der Waals surface area contributed by atoms with Gasteiger partial charge in [0.1, 0.15) is 4.60 Å². The summed E-state index contributed by atoms with van der Waals surface area (Å²) < 4.78 is 2.76. The molecule has 1 unspecified atom stereocenters. The number of hydrogen-bond donors (Lipinski definition) is 1. The molecule has 1 atom stereocenters. The first-order valence-corrected chi connectivity index (χ1v) is 7.81. The standard InChI is InChI=1S/C16H17BrN4/c1-12(13-5-3-2-4-6-13)7-8-18-15-16-19-9-10-21(16)11-14(17)20-15/h2-6,9-12H,7-8H2,1H3,(H,18,20). The summed E-state index contributed by atoms with van der Waals surface area (Å²) in [7, 11) is 0. The molecule has 0 radical (unpaired) electrons. The number of fused-ring (bicyclic) bond motifs is 1. The average molecular weight is 345 g/mol. The third-order valence-corrected chi connectivity index (χ3v) is 3.97. The molecule has 21 heavy (non-hydrogen) atoms. The van der Waals surface area contributed by atoms with Gasteiger partial charge in [0.05, 0.1) is 0 Å². The maximum Gasteiger partial charge on any atom is 0.180 e. The second-order valence-corrected chi connectivity index (χ2v) is 5.91. The van der Waals surface area contributed by atoms with E-state index in [1.54, 1.807) is 6.20 Å². The molecule has 0 saturated carbocycles. The fraction of sp³-hybridized carbons (Fsp3) is 0.250. The van der Waals surface area contributed by atoms with Gasteiger partial charge >= 0.3 is 0 Å². The number of hydrogen-bond acceptors (Lipinski definition) is 3. The molecule has 108 valence electrons. The van der Waals surface area contributed by atoms with Crippen molar-refractivity contribution in [1.82, 2.24) is 14.4 Å². The topological polar surface area (TPSA) is 42.2 Å². The van der Waals surface area contributed by atoms with E-state index in [4.69, 9.17) is 0 Å². The first-order chi connectivity index (χ1) is 10.2. The van der Waals surface area contributed by atoms with Gasteiger partial charge in [-0.15, -0.1) is 0 Å². The molecule has 2 aromatic heterocycles. The Morgan fingerprint density at radius 1 is 1.29 bits per heavy atom. The molecule has 2 heterocycles. The highest BCUT2D eigenvalue weighted by Gasteiger charge is 2.08. The second-order valence-electron chi connectivity index (χ2n) is 5.10. The minimum Gasteiger partial charge on any atom is -0.367 e. The predicted molar refractivity (Wildman–Crippen MR) is 88.7 cm³/mol. The monoisotopic (exact) mass is 344 g/mol. The van der Waals surface area contributed by atoms with E-state index in [0.717, 1.165) is 29.0 Å². The first-order valence-electron chi connectivity index (χ1n) is 7.02. The molecule has 0 saturated heterocycles. The van der Waals surface area contributed by atoms with Crippen LogP contribution in [0.5, 0.6) is 0 Å². The summed E-state index contributed by atoms with van der Waals surface area (Å²) in [5, 5.41) is 3.39. The van der Waals surface area contributed by atoms with Gasteiger partial charge in [-0.05, 0) is 33.8 Å². The zero-order valence-electron chi connectivity index (χ0n) is 11.8. The lowest BCUT2D eigenvalue weighted by Crippen LogP contribution is -2.08. The van der Waals surface area contributed by atoms with Crippen LogP contribution in [0.25, 0.3) is 5.65 Å². The largest absolute Gasteiger partial charge is 0.367 e. The lowest BCUT2D eigenvalue weighted by Gasteiger charge is -2.13.